The molecule has 0 saturated carbocycles. The van der Waals surface area contributed by atoms with Crippen LogP contribution in [-0.4, -0.2) is 51.4 Å². The summed E-state index contributed by atoms with van der Waals surface area (Å²) in [4.78, 5) is 28.4. The fourth-order valence-corrected chi connectivity index (χ4v) is 5.91. The van der Waals surface area contributed by atoms with Crippen LogP contribution in [-0.2, 0) is 26.2 Å². The number of sulfonamides is 1. The number of carbonyl (C=O) groups is 2. The first-order valence-electron chi connectivity index (χ1n) is 12.8. The zero-order valence-electron chi connectivity index (χ0n) is 22.6. The highest BCUT2D eigenvalue weighted by Crippen LogP contribution is 2.32. The van der Waals surface area contributed by atoms with E-state index in [0.717, 1.165) is 27.2 Å². The maximum absolute atomic E-state index is 13.9. The van der Waals surface area contributed by atoms with Gasteiger partial charge in [-0.2, -0.15) is 0 Å². The summed E-state index contributed by atoms with van der Waals surface area (Å²) in [7, 11) is -2.73. The van der Waals surface area contributed by atoms with Crippen molar-refractivity contribution in [1.29, 1.82) is 0 Å². The van der Waals surface area contributed by atoms with Gasteiger partial charge in [0.1, 0.15) is 18.3 Å². The van der Waals surface area contributed by atoms with Gasteiger partial charge >= 0.3 is 0 Å². The lowest BCUT2D eigenvalue weighted by Crippen LogP contribution is -2.51. The van der Waals surface area contributed by atoms with Crippen LogP contribution in [0.3, 0.4) is 0 Å². The van der Waals surface area contributed by atoms with Gasteiger partial charge < -0.3 is 15.0 Å². The summed E-state index contributed by atoms with van der Waals surface area (Å²) in [5, 5.41) is 3.06. The molecule has 8 nitrogen and oxygen atoms in total. The van der Waals surface area contributed by atoms with Crippen molar-refractivity contribution in [3.05, 3.63) is 87.9 Å². The fourth-order valence-electron chi connectivity index (χ4n) is 3.96. The highest BCUT2D eigenvalue weighted by Gasteiger charge is 2.32. The number of ether oxygens (including phenoxy) is 1. The molecule has 0 aliphatic carbocycles. The second-order valence-corrected chi connectivity index (χ2v) is 12.3. The monoisotopic (exact) mass is 649 g/mol. The van der Waals surface area contributed by atoms with Crippen LogP contribution in [0.2, 0.25) is 5.02 Å². The van der Waals surface area contributed by atoms with Crippen molar-refractivity contribution in [2.24, 2.45) is 0 Å². The van der Waals surface area contributed by atoms with E-state index in [2.05, 4.69) is 21.2 Å². The van der Waals surface area contributed by atoms with Crippen molar-refractivity contribution < 1.29 is 22.7 Å². The highest BCUT2D eigenvalue weighted by molar-refractivity contribution is 9.10. The van der Waals surface area contributed by atoms with E-state index in [1.54, 1.807) is 31.2 Å². The number of nitrogens with zero attached hydrogens (tertiary/aromatic N) is 2. The molecule has 0 saturated heterocycles. The van der Waals surface area contributed by atoms with Gasteiger partial charge in [0.05, 0.1) is 22.7 Å². The standard InChI is InChI=1S/C29H33BrClN3O5S/c1-4-5-17-32-29(36)21(2)33(19-22-11-13-23(30)14-12-22)28(35)20-34(24-15-16-27(39-3)26(31)18-24)40(37,38)25-9-7-6-8-10-25/h6-16,18,21H,4-5,17,19-20H2,1-3H3,(H,32,36)/t21-/m0/s1. The number of hydrogen-bond acceptors (Lipinski definition) is 5. The molecule has 0 spiro atoms. The van der Waals surface area contributed by atoms with Crippen LogP contribution in [0.1, 0.15) is 32.3 Å². The van der Waals surface area contributed by atoms with Gasteiger partial charge in [-0.05, 0) is 61.4 Å². The first kappa shape index (κ1) is 31.4. The molecule has 1 atom stereocenters. The third-order valence-corrected chi connectivity index (χ3v) is 8.91. The summed E-state index contributed by atoms with van der Waals surface area (Å²) >= 11 is 9.75. The third-order valence-electron chi connectivity index (χ3n) is 6.30. The number of unbranched alkanes of at least 4 members (excludes halogenated alkanes) is 1. The summed E-state index contributed by atoms with van der Waals surface area (Å²) in [5.41, 5.74) is 0.973. The normalized spacial score (nSPS) is 11.9. The van der Waals surface area contributed by atoms with Crippen LogP contribution in [0.4, 0.5) is 5.69 Å². The summed E-state index contributed by atoms with van der Waals surface area (Å²) in [6.45, 7) is 3.70. The maximum Gasteiger partial charge on any atom is 0.264 e. The Balaban J connectivity index is 2.02. The first-order chi connectivity index (χ1) is 19.1. The van der Waals surface area contributed by atoms with Gasteiger partial charge in [-0.15, -0.1) is 0 Å². The van der Waals surface area contributed by atoms with E-state index in [9.17, 15) is 18.0 Å². The van der Waals surface area contributed by atoms with Crippen LogP contribution < -0.4 is 14.4 Å². The number of benzene rings is 3. The van der Waals surface area contributed by atoms with E-state index in [1.807, 2.05) is 31.2 Å². The van der Waals surface area contributed by atoms with Crippen LogP contribution in [0.5, 0.6) is 5.75 Å². The van der Waals surface area contributed by atoms with Crippen molar-refractivity contribution in [3.63, 3.8) is 0 Å². The van der Waals surface area contributed by atoms with E-state index >= 15 is 0 Å². The number of rotatable bonds is 13. The molecular formula is C29H33BrClN3O5S. The number of amides is 2. The second kappa shape index (κ2) is 14.5. The molecule has 40 heavy (non-hydrogen) atoms. The SMILES string of the molecule is CCCCNC(=O)[C@H](C)N(Cc1ccc(Br)cc1)C(=O)CN(c1ccc(OC)c(Cl)c1)S(=O)(=O)c1ccccc1. The first-order valence-corrected chi connectivity index (χ1v) is 15.4. The number of nitrogens with one attached hydrogen (secondary N) is 1. The molecule has 0 aromatic heterocycles. The zero-order chi connectivity index (χ0) is 29.3. The molecule has 1 N–H and O–H groups in total. The molecule has 0 fully saturated rings. The van der Waals surface area contributed by atoms with E-state index in [-0.39, 0.29) is 28.1 Å². The van der Waals surface area contributed by atoms with E-state index in [0.29, 0.717) is 12.3 Å². The second-order valence-electron chi connectivity index (χ2n) is 9.11. The van der Waals surface area contributed by atoms with Crippen LogP contribution >= 0.6 is 27.5 Å². The average molecular weight is 651 g/mol. The lowest BCUT2D eigenvalue weighted by atomic mass is 10.1. The minimum atomic E-state index is -4.18. The van der Waals surface area contributed by atoms with Crippen molar-refractivity contribution in [2.45, 2.75) is 44.2 Å². The molecule has 0 radical (unpaired) electrons. The van der Waals surface area contributed by atoms with E-state index in [4.69, 9.17) is 16.3 Å². The number of hydrogen-bond donors (Lipinski definition) is 1. The van der Waals surface area contributed by atoms with Gasteiger partial charge in [-0.25, -0.2) is 8.42 Å². The van der Waals surface area contributed by atoms with Crippen LogP contribution in [0, 0.1) is 0 Å². The van der Waals surface area contributed by atoms with Crippen LogP contribution in [0.25, 0.3) is 0 Å². The van der Waals surface area contributed by atoms with Gasteiger partial charge in [-0.3, -0.25) is 13.9 Å². The molecule has 3 aromatic carbocycles. The number of halogens is 2. The Labute approximate surface area is 249 Å². The molecule has 3 rings (SSSR count). The summed E-state index contributed by atoms with van der Waals surface area (Å²) in [5.74, 6) is -0.501. The number of methoxy groups -OCH3 is 1. The quantitative estimate of drug-likeness (QED) is 0.242. The Bertz CT molecular complexity index is 1400. The van der Waals surface area contributed by atoms with E-state index in [1.165, 1.54) is 36.3 Å². The van der Waals surface area contributed by atoms with E-state index < -0.39 is 28.5 Å². The van der Waals surface area contributed by atoms with Gasteiger partial charge in [0, 0.05) is 17.6 Å². The molecule has 3 aromatic rings. The average Bonchev–Trinajstić information content (AvgIpc) is 2.95. The molecule has 0 bridgehead atoms. The Hall–Kier alpha value is -3.08. The lowest BCUT2D eigenvalue weighted by Gasteiger charge is -2.32. The molecular weight excluding hydrogens is 618 g/mol. The van der Waals surface area contributed by atoms with Gasteiger partial charge in [0.15, 0.2) is 0 Å². The topological polar surface area (TPSA) is 96.0 Å². The Morgan fingerprint density at radius 3 is 2.33 bits per heavy atom. The highest BCUT2D eigenvalue weighted by atomic mass is 79.9. The minimum Gasteiger partial charge on any atom is -0.495 e. The molecule has 2 amide bonds. The Morgan fingerprint density at radius 1 is 1.05 bits per heavy atom. The fraction of sp³-hybridized carbons (Fsp3) is 0.310. The summed E-state index contributed by atoms with van der Waals surface area (Å²) in [6.07, 6.45) is 1.72. The number of anilines is 1. The minimum absolute atomic E-state index is 0.0135. The molecule has 0 aliphatic heterocycles. The molecule has 11 heteroatoms. The molecule has 0 unspecified atom stereocenters. The number of carbonyl (C=O) groups excluding carboxylic acids is 2. The van der Waals surface area contributed by atoms with Gasteiger partial charge in [-0.1, -0.05) is 71.2 Å². The molecule has 0 heterocycles. The predicted octanol–water partition coefficient (Wildman–Crippen LogP) is 5.64. The smallest absolute Gasteiger partial charge is 0.264 e. The lowest BCUT2D eigenvalue weighted by molar-refractivity contribution is -0.139. The van der Waals surface area contributed by atoms with Crippen molar-refractivity contribution in [1.82, 2.24) is 10.2 Å². The maximum atomic E-state index is 13.9. The van der Waals surface area contributed by atoms with Gasteiger partial charge in [0.25, 0.3) is 10.0 Å². The zero-order valence-corrected chi connectivity index (χ0v) is 25.8. The Morgan fingerprint density at radius 2 is 1.73 bits per heavy atom. The third kappa shape index (κ3) is 7.99. The van der Waals surface area contributed by atoms with Crippen molar-refractivity contribution >= 4 is 55.1 Å². The predicted molar refractivity (Wildman–Crippen MR) is 161 cm³/mol. The largest absolute Gasteiger partial charge is 0.495 e. The molecule has 214 valence electrons. The van der Waals surface area contributed by atoms with Crippen LogP contribution in [0.15, 0.2) is 82.2 Å². The van der Waals surface area contributed by atoms with Gasteiger partial charge in [0.2, 0.25) is 11.8 Å². The van der Waals surface area contributed by atoms with Crippen molar-refractivity contribution in [2.75, 3.05) is 24.5 Å². The van der Waals surface area contributed by atoms with Crippen molar-refractivity contribution in [3.8, 4) is 5.75 Å². The summed E-state index contributed by atoms with van der Waals surface area (Å²) < 4.78 is 34.8. The summed E-state index contributed by atoms with van der Waals surface area (Å²) in [6, 6.07) is 18.9. The Kier molecular flexibility index (Phi) is 11.4. The molecule has 0 aliphatic rings.